The van der Waals surface area contributed by atoms with Crippen LogP contribution in [0, 0.1) is 27.3 Å². The maximum absolute atomic E-state index is 12.7. The van der Waals surface area contributed by atoms with Gasteiger partial charge in [-0.3, -0.25) is 0 Å². The molecule has 0 radical (unpaired) electrons. The highest BCUT2D eigenvalue weighted by molar-refractivity contribution is 14.1. The molecule has 3 aromatic rings. The van der Waals surface area contributed by atoms with Gasteiger partial charge in [-0.15, -0.1) is 0 Å². The van der Waals surface area contributed by atoms with Gasteiger partial charge in [-0.05, 0) is 83.3 Å². The first-order chi connectivity index (χ1) is 14.9. The lowest BCUT2D eigenvalue weighted by Gasteiger charge is -2.05. The number of benzene rings is 3. The highest BCUT2D eigenvalue weighted by Crippen LogP contribution is 2.30. The van der Waals surface area contributed by atoms with Gasteiger partial charge in [0.15, 0.2) is 0 Å². The molecule has 0 bridgehead atoms. The lowest BCUT2D eigenvalue weighted by atomic mass is 10.1. The highest BCUT2D eigenvalue weighted by Gasteiger charge is 2.30. The van der Waals surface area contributed by atoms with Gasteiger partial charge in [0.05, 0.1) is 11.1 Å². The standard InChI is InChI=1S/C24H10ClF6I/c25-21-13-17(7-1-15-3-9-19(10-4-15)23(26,27)28)22(32)18(14-21)8-2-16-5-11-20(12-6-16)24(29,30)31/h3-6,9-14H. The van der Waals surface area contributed by atoms with Crippen LogP contribution in [-0.4, -0.2) is 0 Å². The molecule has 0 heterocycles. The summed E-state index contributed by atoms with van der Waals surface area (Å²) in [6.45, 7) is 0. The Morgan fingerprint density at radius 3 is 1.25 bits per heavy atom. The maximum Gasteiger partial charge on any atom is 0.416 e. The average Bonchev–Trinajstić information content (AvgIpc) is 2.72. The molecule has 3 rings (SSSR count). The van der Waals surface area contributed by atoms with E-state index in [1.165, 1.54) is 24.3 Å². The molecule has 32 heavy (non-hydrogen) atoms. The van der Waals surface area contributed by atoms with Crippen LogP contribution in [-0.2, 0) is 12.4 Å². The number of alkyl halides is 6. The van der Waals surface area contributed by atoms with Crippen LogP contribution in [0.15, 0.2) is 60.7 Å². The molecule has 0 saturated heterocycles. The lowest BCUT2D eigenvalue weighted by molar-refractivity contribution is -0.138. The Morgan fingerprint density at radius 1 is 0.594 bits per heavy atom. The Morgan fingerprint density at radius 2 is 0.938 bits per heavy atom. The molecule has 0 amide bonds. The summed E-state index contributed by atoms with van der Waals surface area (Å²) in [5, 5.41) is 0.346. The molecule has 0 aliphatic carbocycles. The summed E-state index contributed by atoms with van der Waals surface area (Å²) >= 11 is 8.15. The molecule has 0 saturated carbocycles. The molecule has 0 aliphatic rings. The van der Waals surface area contributed by atoms with Crippen molar-refractivity contribution in [2.75, 3.05) is 0 Å². The number of hydrogen-bond acceptors (Lipinski definition) is 0. The Balaban J connectivity index is 1.88. The molecule has 162 valence electrons. The Bertz CT molecular complexity index is 1150. The van der Waals surface area contributed by atoms with Crippen LogP contribution in [0.25, 0.3) is 0 Å². The largest absolute Gasteiger partial charge is 0.416 e. The Kier molecular flexibility index (Phi) is 7.12. The molecule has 0 aromatic heterocycles. The quantitative estimate of drug-likeness (QED) is 0.146. The topological polar surface area (TPSA) is 0 Å². The molecular formula is C24H10ClF6I. The van der Waals surface area contributed by atoms with Gasteiger partial charge in [-0.1, -0.05) is 35.3 Å². The van der Waals surface area contributed by atoms with Crippen molar-refractivity contribution < 1.29 is 26.3 Å². The van der Waals surface area contributed by atoms with Crippen molar-refractivity contribution in [2.45, 2.75) is 12.4 Å². The SMILES string of the molecule is FC(F)(F)c1ccc(C#Cc2cc(Cl)cc(C#Cc3ccc(C(F)(F)F)cc3)c2I)cc1. The van der Waals surface area contributed by atoms with Gasteiger partial charge in [0, 0.05) is 30.8 Å². The van der Waals surface area contributed by atoms with Crippen LogP contribution >= 0.6 is 34.2 Å². The van der Waals surface area contributed by atoms with E-state index >= 15 is 0 Å². The summed E-state index contributed by atoms with van der Waals surface area (Å²) in [4.78, 5) is 0. The number of hydrogen-bond donors (Lipinski definition) is 0. The van der Waals surface area contributed by atoms with E-state index in [2.05, 4.69) is 23.7 Å². The van der Waals surface area contributed by atoms with E-state index in [-0.39, 0.29) is 0 Å². The lowest BCUT2D eigenvalue weighted by Crippen LogP contribution is -2.04. The van der Waals surface area contributed by atoms with Crippen LogP contribution in [0.4, 0.5) is 26.3 Å². The van der Waals surface area contributed by atoms with Gasteiger partial charge < -0.3 is 0 Å². The van der Waals surface area contributed by atoms with E-state index in [1.54, 1.807) is 12.1 Å². The molecule has 0 N–H and O–H groups in total. The third-order valence-electron chi connectivity index (χ3n) is 4.14. The minimum Gasteiger partial charge on any atom is -0.166 e. The zero-order chi connectivity index (χ0) is 23.5. The average molecular weight is 575 g/mol. The van der Waals surface area contributed by atoms with Gasteiger partial charge in [-0.25, -0.2) is 0 Å². The van der Waals surface area contributed by atoms with E-state index in [4.69, 9.17) is 11.6 Å². The third kappa shape index (κ3) is 6.21. The molecule has 0 fully saturated rings. The van der Waals surface area contributed by atoms with Crippen LogP contribution in [0.5, 0.6) is 0 Å². The molecule has 3 aromatic carbocycles. The predicted octanol–water partition coefficient (Wildman–Crippen LogP) is 7.78. The van der Waals surface area contributed by atoms with E-state index in [1.807, 2.05) is 22.6 Å². The molecular weight excluding hydrogens is 565 g/mol. The van der Waals surface area contributed by atoms with Gasteiger partial charge in [-0.2, -0.15) is 26.3 Å². The monoisotopic (exact) mass is 574 g/mol. The van der Waals surface area contributed by atoms with Crippen molar-refractivity contribution in [3.63, 3.8) is 0 Å². The van der Waals surface area contributed by atoms with E-state index < -0.39 is 23.5 Å². The Labute approximate surface area is 198 Å². The molecule has 8 heteroatoms. The van der Waals surface area contributed by atoms with Crippen molar-refractivity contribution >= 4 is 34.2 Å². The fourth-order valence-electron chi connectivity index (χ4n) is 2.54. The first-order valence-electron chi connectivity index (χ1n) is 8.81. The highest BCUT2D eigenvalue weighted by atomic mass is 127. The number of rotatable bonds is 0. The van der Waals surface area contributed by atoms with Crippen molar-refractivity contribution in [1.29, 1.82) is 0 Å². The summed E-state index contributed by atoms with van der Waals surface area (Å²) in [6, 6.07) is 12.1. The summed E-state index contributed by atoms with van der Waals surface area (Å²) in [6.07, 6.45) is -8.84. The molecule has 0 spiro atoms. The normalized spacial score (nSPS) is 11.2. The first kappa shape index (κ1) is 24.0. The van der Waals surface area contributed by atoms with E-state index in [0.29, 0.717) is 30.8 Å². The maximum atomic E-state index is 12.7. The number of halogens is 8. The third-order valence-corrected chi connectivity index (χ3v) is 5.53. The molecule has 0 unspecified atom stereocenters. The van der Waals surface area contributed by atoms with Gasteiger partial charge in [0.1, 0.15) is 0 Å². The van der Waals surface area contributed by atoms with E-state index in [0.717, 1.165) is 24.3 Å². The first-order valence-corrected chi connectivity index (χ1v) is 10.3. The van der Waals surface area contributed by atoms with Crippen LogP contribution in [0.3, 0.4) is 0 Å². The minimum atomic E-state index is -4.42. The van der Waals surface area contributed by atoms with Crippen LogP contribution in [0.1, 0.15) is 33.4 Å². The zero-order valence-electron chi connectivity index (χ0n) is 15.8. The summed E-state index contributed by atoms with van der Waals surface area (Å²) in [7, 11) is 0. The summed E-state index contributed by atoms with van der Waals surface area (Å²) in [5.41, 5.74) is 0.309. The predicted molar refractivity (Wildman–Crippen MR) is 119 cm³/mol. The second kappa shape index (κ2) is 9.48. The second-order valence-electron chi connectivity index (χ2n) is 6.47. The van der Waals surface area contributed by atoms with Gasteiger partial charge in [0.2, 0.25) is 0 Å². The fourth-order valence-corrected chi connectivity index (χ4v) is 3.33. The van der Waals surface area contributed by atoms with E-state index in [9.17, 15) is 26.3 Å². The van der Waals surface area contributed by atoms with Crippen molar-refractivity contribution in [2.24, 2.45) is 0 Å². The molecule has 0 nitrogen and oxygen atoms in total. The smallest absolute Gasteiger partial charge is 0.166 e. The minimum absolute atomic E-state index is 0.346. The molecule has 0 atom stereocenters. The van der Waals surface area contributed by atoms with Crippen LogP contribution in [0.2, 0.25) is 5.02 Å². The van der Waals surface area contributed by atoms with Gasteiger partial charge in [0.25, 0.3) is 0 Å². The zero-order valence-corrected chi connectivity index (χ0v) is 18.7. The Hall–Kier alpha value is -2.62. The summed E-state index contributed by atoms with van der Waals surface area (Å²) in [5.74, 6) is 11.3. The van der Waals surface area contributed by atoms with Crippen molar-refractivity contribution in [1.82, 2.24) is 0 Å². The van der Waals surface area contributed by atoms with Crippen LogP contribution < -0.4 is 0 Å². The summed E-state index contributed by atoms with van der Waals surface area (Å²) < 4.78 is 76.6. The van der Waals surface area contributed by atoms with Gasteiger partial charge >= 0.3 is 12.4 Å². The van der Waals surface area contributed by atoms with Crippen molar-refractivity contribution in [3.8, 4) is 23.7 Å². The fraction of sp³-hybridized carbons (Fsp3) is 0.0833. The van der Waals surface area contributed by atoms with Crippen molar-refractivity contribution in [3.05, 3.63) is 103 Å². The second-order valence-corrected chi connectivity index (χ2v) is 7.98. The molecule has 0 aliphatic heterocycles.